The second-order valence-corrected chi connectivity index (χ2v) is 8.56. The Morgan fingerprint density at radius 2 is 1.59 bits per heavy atom. The Morgan fingerprint density at radius 3 is 2.29 bits per heavy atom. The number of hydrogen-bond donors (Lipinski definition) is 2. The van der Waals surface area contributed by atoms with Crippen molar-refractivity contribution in [2.75, 3.05) is 16.8 Å². The van der Waals surface area contributed by atoms with E-state index in [2.05, 4.69) is 10.6 Å². The van der Waals surface area contributed by atoms with Crippen molar-refractivity contribution in [3.05, 3.63) is 106 Å². The van der Waals surface area contributed by atoms with Crippen LogP contribution in [0.25, 0.3) is 0 Å². The van der Waals surface area contributed by atoms with Gasteiger partial charge in [0.25, 0.3) is 17.7 Å². The number of carbonyl (C=O) groups excluding carboxylic acids is 3. The highest BCUT2D eigenvalue weighted by Gasteiger charge is 2.39. The van der Waals surface area contributed by atoms with Crippen molar-refractivity contribution in [1.29, 1.82) is 0 Å². The molecule has 0 fully saturated rings. The van der Waals surface area contributed by atoms with Crippen LogP contribution in [-0.2, 0) is 16.0 Å². The Bertz CT molecular complexity index is 1280. The summed E-state index contributed by atoms with van der Waals surface area (Å²) in [5.41, 5.74) is 4.35. The molecule has 0 unspecified atom stereocenters. The van der Waals surface area contributed by atoms with Crippen molar-refractivity contribution in [3.63, 3.8) is 0 Å². The first kappa shape index (κ1) is 23.3. The highest BCUT2D eigenvalue weighted by Crippen LogP contribution is 2.31. The summed E-state index contributed by atoms with van der Waals surface area (Å²) < 4.78 is 0. The number of halogens is 1. The monoisotopic (exact) mass is 473 g/mol. The predicted octanol–water partition coefficient (Wildman–Crippen LogP) is 4.71. The van der Waals surface area contributed by atoms with Gasteiger partial charge in [-0.1, -0.05) is 54.1 Å². The zero-order valence-corrected chi connectivity index (χ0v) is 19.6. The number of amides is 3. The molecule has 0 saturated heterocycles. The van der Waals surface area contributed by atoms with Gasteiger partial charge in [0, 0.05) is 17.8 Å². The van der Waals surface area contributed by atoms with Gasteiger partial charge in [-0.25, -0.2) is 4.90 Å². The number of imide groups is 1. The largest absolute Gasteiger partial charge is 0.352 e. The van der Waals surface area contributed by atoms with Crippen molar-refractivity contribution < 1.29 is 14.4 Å². The van der Waals surface area contributed by atoms with Crippen molar-refractivity contribution in [3.8, 4) is 0 Å². The lowest BCUT2D eigenvalue weighted by molar-refractivity contribution is -0.120. The Hall–Kier alpha value is -3.90. The van der Waals surface area contributed by atoms with Crippen LogP contribution < -0.4 is 15.5 Å². The van der Waals surface area contributed by atoms with Crippen molar-refractivity contribution in [2.45, 2.75) is 20.3 Å². The molecule has 0 saturated carbocycles. The molecule has 3 aromatic carbocycles. The summed E-state index contributed by atoms with van der Waals surface area (Å²) in [7, 11) is 0. The summed E-state index contributed by atoms with van der Waals surface area (Å²) in [4.78, 5) is 39.5. The van der Waals surface area contributed by atoms with Crippen LogP contribution in [0.1, 0.15) is 27.0 Å². The highest BCUT2D eigenvalue weighted by molar-refractivity contribution is 6.53. The van der Waals surface area contributed by atoms with Gasteiger partial charge in [-0.05, 0) is 67.3 Å². The number of nitrogens with zero attached hydrogens (tertiary/aromatic N) is 1. The number of aryl methyl sites for hydroxylation is 2. The molecule has 1 aliphatic rings. The van der Waals surface area contributed by atoms with Crippen LogP contribution in [0.3, 0.4) is 0 Å². The summed E-state index contributed by atoms with van der Waals surface area (Å²) in [6, 6.07) is 22.1. The zero-order valence-electron chi connectivity index (χ0n) is 18.9. The Labute approximate surface area is 203 Å². The van der Waals surface area contributed by atoms with E-state index in [0.29, 0.717) is 23.5 Å². The van der Waals surface area contributed by atoms with Gasteiger partial charge in [0.15, 0.2) is 0 Å². The summed E-state index contributed by atoms with van der Waals surface area (Å²) in [6.45, 7) is 4.29. The van der Waals surface area contributed by atoms with Crippen molar-refractivity contribution in [2.24, 2.45) is 0 Å². The molecule has 0 aliphatic carbocycles. The Morgan fingerprint density at radius 1 is 0.882 bits per heavy atom. The third-order valence-electron chi connectivity index (χ3n) is 5.43. The Balaban J connectivity index is 1.46. The molecule has 0 bridgehead atoms. The third kappa shape index (κ3) is 5.02. The number of rotatable bonds is 7. The van der Waals surface area contributed by atoms with Gasteiger partial charge < -0.3 is 10.6 Å². The maximum absolute atomic E-state index is 13.1. The molecule has 34 heavy (non-hydrogen) atoms. The lowest BCUT2D eigenvalue weighted by Gasteiger charge is -2.16. The number of benzene rings is 3. The molecule has 0 atom stereocenters. The predicted molar refractivity (Wildman–Crippen MR) is 134 cm³/mol. The molecule has 7 heteroatoms. The molecule has 6 nitrogen and oxygen atoms in total. The standard InChI is InChI=1S/C27H24ClN3O3/c1-17-13-18(2)15-22(14-17)31-26(33)23(28)24(27(31)34)30-21-10-6-9-20(16-21)25(32)29-12-11-19-7-4-3-5-8-19/h3-10,13-16,30H,11-12H2,1-2H3,(H,29,32). The summed E-state index contributed by atoms with van der Waals surface area (Å²) >= 11 is 6.25. The normalized spacial score (nSPS) is 13.4. The Kier molecular flexibility index (Phi) is 6.80. The fourth-order valence-corrected chi connectivity index (χ4v) is 4.09. The van der Waals surface area contributed by atoms with Gasteiger partial charge in [-0.15, -0.1) is 0 Å². The van der Waals surface area contributed by atoms with Crippen LogP contribution in [0.5, 0.6) is 0 Å². The second-order valence-electron chi connectivity index (χ2n) is 8.18. The number of anilines is 2. The minimum absolute atomic E-state index is 0.0209. The smallest absolute Gasteiger partial charge is 0.283 e. The van der Waals surface area contributed by atoms with E-state index in [1.54, 1.807) is 36.4 Å². The lowest BCUT2D eigenvalue weighted by Crippen LogP contribution is -2.32. The summed E-state index contributed by atoms with van der Waals surface area (Å²) in [5.74, 6) is -1.36. The van der Waals surface area contributed by atoms with Gasteiger partial charge >= 0.3 is 0 Å². The molecule has 3 aromatic rings. The van der Waals surface area contributed by atoms with E-state index in [4.69, 9.17) is 11.6 Å². The van der Waals surface area contributed by atoms with Gasteiger partial charge in [0.1, 0.15) is 10.7 Å². The zero-order chi connectivity index (χ0) is 24.2. The van der Waals surface area contributed by atoms with Crippen LogP contribution in [0.4, 0.5) is 11.4 Å². The SMILES string of the molecule is Cc1cc(C)cc(N2C(=O)C(Cl)=C(Nc3cccc(C(=O)NCCc4ccccc4)c3)C2=O)c1. The summed E-state index contributed by atoms with van der Waals surface area (Å²) in [5, 5.41) is 5.64. The minimum Gasteiger partial charge on any atom is -0.352 e. The van der Waals surface area contributed by atoms with E-state index in [0.717, 1.165) is 28.0 Å². The van der Waals surface area contributed by atoms with Gasteiger partial charge in [0.05, 0.1) is 5.69 Å². The summed E-state index contributed by atoms with van der Waals surface area (Å²) in [6.07, 6.45) is 0.720. The van der Waals surface area contributed by atoms with Crippen LogP contribution in [0.15, 0.2) is 83.5 Å². The maximum atomic E-state index is 13.1. The second kappa shape index (κ2) is 9.93. The molecular weight excluding hydrogens is 450 g/mol. The average molecular weight is 474 g/mol. The molecule has 172 valence electrons. The molecule has 4 rings (SSSR count). The van der Waals surface area contributed by atoms with Crippen molar-refractivity contribution in [1.82, 2.24) is 5.32 Å². The molecule has 3 amide bonds. The van der Waals surface area contributed by atoms with Gasteiger partial charge in [-0.2, -0.15) is 0 Å². The molecule has 0 spiro atoms. The van der Waals surface area contributed by atoms with Crippen LogP contribution >= 0.6 is 11.6 Å². The molecule has 0 aromatic heterocycles. The van der Waals surface area contributed by atoms with Crippen LogP contribution in [0, 0.1) is 13.8 Å². The highest BCUT2D eigenvalue weighted by atomic mass is 35.5. The maximum Gasteiger partial charge on any atom is 0.283 e. The number of hydrogen-bond acceptors (Lipinski definition) is 4. The number of carbonyl (C=O) groups is 3. The van der Waals surface area contributed by atoms with E-state index < -0.39 is 11.8 Å². The first-order valence-electron chi connectivity index (χ1n) is 10.9. The molecule has 1 heterocycles. The van der Waals surface area contributed by atoms with Gasteiger partial charge in [-0.3, -0.25) is 14.4 Å². The first-order chi connectivity index (χ1) is 16.3. The topological polar surface area (TPSA) is 78.5 Å². The van der Waals surface area contributed by atoms with Gasteiger partial charge in [0.2, 0.25) is 0 Å². The van der Waals surface area contributed by atoms with E-state index in [1.165, 1.54) is 0 Å². The quantitative estimate of drug-likeness (QED) is 0.487. The lowest BCUT2D eigenvalue weighted by atomic mass is 10.1. The van der Waals surface area contributed by atoms with Crippen LogP contribution in [0.2, 0.25) is 0 Å². The third-order valence-corrected chi connectivity index (χ3v) is 5.78. The van der Waals surface area contributed by atoms with E-state index in [9.17, 15) is 14.4 Å². The molecule has 2 N–H and O–H groups in total. The van der Waals surface area contributed by atoms with E-state index in [1.807, 2.05) is 50.2 Å². The fourth-order valence-electron chi connectivity index (χ4n) is 3.88. The van der Waals surface area contributed by atoms with E-state index in [-0.39, 0.29) is 16.6 Å². The first-order valence-corrected chi connectivity index (χ1v) is 11.3. The van der Waals surface area contributed by atoms with Crippen LogP contribution in [-0.4, -0.2) is 24.3 Å². The molecule has 1 aliphatic heterocycles. The molecule has 0 radical (unpaired) electrons. The number of nitrogens with one attached hydrogen (secondary N) is 2. The molecular formula is C27H24ClN3O3. The fraction of sp³-hybridized carbons (Fsp3) is 0.148. The van der Waals surface area contributed by atoms with Crippen molar-refractivity contribution >= 4 is 40.7 Å². The average Bonchev–Trinajstić information content (AvgIpc) is 3.02. The van der Waals surface area contributed by atoms with E-state index >= 15 is 0 Å². The minimum atomic E-state index is -0.589.